The predicted molar refractivity (Wildman–Crippen MR) is 154 cm³/mol. The van der Waals surface area contributed by atoms with E-state index < -0.39 is 0 Å². The Morgan fingerprint density at radius 2 is 0.865 bits per heavy atom. The van der Waals surface area contributed by atoms with Crippen LogP contribution >= 0.6 is 11.6 Å². The molecule has 0 N–H and O–H groups in total. The molecule has 0 spiro atoms. The number of rotatable bonds is 5. The normalized spacial score (nSPS) is 10.8. The maximum atomic E-state index is 6.16. The molecule has 0 fully saturated rings. The third-order valence-corrected chi connectivity index (χ3v) is 6.66. The number of hydrogen-bond acceptors (Lipinski definition) is 2. The first kappa shape index (κ1) is 22.9. The zero-order chi connectivity index (χ0) is 25.0. The van der Waals surface area contributed by atoms with Crippen molar-refractivity contribution >= 4 is 11.6 Å². The molecule has 0 saturated heterocycles. The molecule has 0 amide bonds. The van der Waals surface area contributed by atoms with E-state index in [1.807, 2.05) is 54.6 Å². The third-order valence-electron chi connectivity index (χ3n) is 6.40. The van der Waals surface area contributed by atoms with Crippen molar-refractivity contribution in [3.63, 3.8) is 0 Å². The molecule has 1 aromatic heterocycles. The van der Waals surface area contributed by atoms with Crippen molar-refractivity contribution in [3.05, 3.63) is 145 Å². The molecule has 0 aliphatic heterocycles. The summed E-state index contributed by atoms with van der Waals surface area (Å²) in [4.78, 5) is 10.1. The van der Waals surface area contributed by atoms with Crippen molar-refractivity contribution in [1.29, 1.82) is 0 Å². The number of nitrogens with zero attached hydrogens (tertiary/aromatic N) is 2. The highest BCUT2D eigenvalue weighted by Gasteiger charge is 2.14. The fraction of sp³-hybridized carbons (Fsp3) is 0. The van der Waals surface area contributed by atoms with Crippen LogP contribution in [0.25, 0.3) is 56.2 Å². The minimum absolute atomic E-state index is 0.696. The average Bonchev–Trinajstić information content (AvgIpc) is 2.98. The van der Waals surface area contributed by atoms with E-state index in [9.17, 15) is 0 Å². The van der Waals surface area contributed by atoms with Gasteiger partial charge < -0.3 is 0 Å². The second kappa shape index (κ2) is 10.2. The van der Waals surface area contributed by atoms with Gasteiger partial charge >= 0.3 is 0 Å². The third kappa shape index (κ3) is 4.93. The van der Waals surface area contributed by atoms with Gasteiger partial charge in [-0.3, -0.25) is 0 Å². The molecule has 0 unspecified atom stereocenters. The van der Waals surface area contributed by atoms with Gasteiger partial charge in [-0.25, -0.2) is 9.97 Å². The molecule has 37 heavy (non-hydrogen) atoms. The monoisotopic (exact) mass is 494 g/mol. The molecule has 0 saturated carbocycles. The summed E-state index contributed by atoms with van der Waals surface area (Å²) in [7, 11) is 0. The minimum atomic E-state index is 0.696. The van der Waals surface area contributed by atoms with Gasteiger partial charge in [-0.1, -0.05) is 133 Å². The molecule has 5 aromatic carbocycles. The molecule has 6 rings (SSSR count). The lowest BCUT2D eigenvalue weighted by Crippen LogP contribution is -1.97. The van der Waals surface area contributed by atoms with E-state index in [1.165, 1.54) is 5.56 Å². The van der Waals surface area contributed by atoms with E-state index in [4.69, 9.17) is 21.6 Å². The van der Waals surface area contributed by atoms with Crippen LogP contribution in [0.2, 0.25) is 5.02 Å². The van der Waals surface area contributed by atoms with Crippen LogP contribution in [0.3, 0.4) is 0 Å². The fourth-order valence-corrected chi connectivity index (χ4v) is 4.63. The lowest BCUT2D eigenvalue weighted by atomic mass is 9.96. The first-order chi connectivity index (χ1) is 18.2. The quantitative estimate of drug-likeness (QED) is 0.238. The number of hydrogen-bond donors (Lipinski definition) is 0. The standard InChI is InChI=1S/C34H23ClN2/c35-29-21-19-26(20-22-29)30-13-7-8-14-31(30)33-23-32(27-11-5-2-6-12-27)36-34(37-33)28-17-15-25(16-18-28)24-9-3-1-4-10-24/h1-23H. The number of halogens is 1. The fourth-order valence-electron chi connectivity index (χ4n) is 4.50. The van der Waals surface area contributed by atoms with Crippen molar-refractivity contribution < 1.29 is 0 Å². The molecule has 0 radical (unpaired) electrons. The summed E-state index contributed by atoms with van der Waals surface area (Å²) in [6.45, 7) is 0. The number of benzene rings is 5. The smallest absolute Gasteiger partial charge is 0.160 e. The molecule has 0 aliphatic carbocycles. The Morgan fingerprint density at radius 1 is 0.378 bits per heavy atom. The van der Waals surface area contributed by atoms with Gasteiger partial charge in [0, 0.05) is 21.7 Å². The highest BCUT2D eigenvalue weighted by atomic mass is 35.5. The predicted octanol–water partition coefficient (Wildman–Crippen LogP) is 9.46. The highest BCUT2D eigenvalue weighted by molar-refractivity contribution is 6.30. The summed E-state index contributed by atoms with van der Waals surface area (Å²) in [5.41, 5.74) is 9.38. The maximum Gasteiger partial charge on any atom is 0.160 e. The zero-order valence-electron chi connectivity index (χ0n) is 20.1. The summed E-state index contributed by atoms with van der Waals surface area (Å²) in [5.74, 6) is 0.696. The Bertz CT molecular complexity index is 1640. The Labute approximate surface area is 221 Å². The van der Waals surface area contributed by atoms with Gasteiger partial charge in [-0.15, -0.1) is 0 Å². The van der Waals surface area contributed by atoms with Crippen LogP contribution in [-0.4, -0.2) is 9.97 Å². The van der Waals surface area contributed by atoms with Gasteiger partial charge in [0.05, 0.1) is 11.4 Å². The van der Waals surface area contributed by atoms with E-state index in [0.717, 1.165) is 49.8 Å². The highest BCUT2D eigenvalue weighted by Crippen LogP contribution is 2.35. The van der Waals surface area contributed by atoms with E-state index in [2.05, 4.69) is 84.9 Å². The molecule has 6 aromatic rings. The molecule has 176 valence electrons. The van der Waals surface area contributed by atoms with E-state index in [0.29, 0.717) is 5.82 Å². The first-order valence-corrected chi connectivity index (χ1v) is 12.6. The summed E-state index contributed by atoms with van der Waals surface area (Å²) in [5, 5.41) is 0.718. The average molecular weight is 495 g/mol. The van der Waals surface area contributed by atoms with Gasteiger partial charge in [-0.05, 0) is 40.5 Å². The van der Waals surface area contributed by atoms with Crippen molar-refractivity contribution in [2.24, 2.45) is 0 Å². The van der Waals surface area contributed by atoms with E-state index in [1.54, 1.807) is 0 Å². The molecule has 3 heteroatoms. The largest absolute Gasteiger partial charge is 0.228 e. The van der Waals surface area contributed by atoms with Crippen LogP contribution in [0.4, 0.5) is 0 Å². The van der Waals surface area contributed by atoms with Crippen LogP contribution in [0.5, 0.6) is 0 Å². The summed E-state index contributed by atoms with van der Waals surface area (Å²) in [6, 6.07) is 47.4. The number of aromatic nitrogens is 2. The zero-order valence-corrected chi connectivity index (χ0v) is 20.8. The van der Waals surface area contributed by atoms with Gasteiger partial charge in [0.25, 0.3) is 0 Å². The van der Waals surface area contributed by atoms with Crippen molar-refractivity contribution in [2.75, 3.05) is 0 Å². The van der Waals surface area contributed by atoms with Crippen LogP contribution < -0.4 is 0 Å². The topological polar surface area (TPSA) is 25.8 Å². The van der Waals surface area contributed by atoms with E-state index >= 15 is 0 Å². The maximum absolute atomic E-state index is 6.16. The Hall–Kier alpha value is -4.53. The van der Waals surface area contributed by atoms with E-state index in [-0.39, 0.29) is 0 Å². The second-order valence-electron chi connectivity index (χ2n) is 8.82. The molecule has 0 bridgehead atoms. The lowest BCUT2D eigenvalue weighted by molar-refractivity contribution is 1.18. The van der Waals surface area contributed by atoms with Crippen LogP contribution in [0.1, 0.15) is 0 Å². The summed E-state index contributed by atoms with van der Waals surface area (Å²) >= 11 is 6.16. The molecule has 1 heterocycles. The van der Waals surface area contributed by atoms with Crippen LogP contribution in [0, 0.1) is 0 Å². The van der Waals surface area contributed by atoms with Crippen LogP contribution in [-0.2, 0) is 0 Å². The summed E-state index contributed by atoms with van der Waals surface area (Å²) in [6.07, 6.45) is 0. The molecular formula is C34H23ClN2. The molecular weight excluding hydrogens is 472 g/mol. The van der Waals surface area contributed by atoms with Gasteiger partial charge in [0.2, 0.25) is 0 Å². The molecule has 2 nitrogen and oxygen atoms in total. The Kier molecular flexibility index (Phi) is 6.33. The second-order valence-corrected chi connectivity index (χ2v) is 9.26. The Balaban J connectivity index is 1.49. The van der Waals surface area contributed by atoms with Crippen LogP contribution in [0.15, 0.2) is 140 Å². The molecule has 0 atom stereocenters. The van der Waals surface area contributed by atoms with Gasteiger partial charge in [0.15, 0.2) is 5.82 Å². The van der Waals surface area contributed by atoms with Crippen molar-refractivity contribution in [2.45, 2.75) is 0 Å². The van der Waals surface area contributed by atoms with Crippen molar-refractivity contribution in [1.82, 2.24) is 9.97 Å². The minimum Gasteiger partial charge on any atom is -0.228 e. The SMILES string of the molecule is Clc1ccc(-c2ccccc2-c2cc(-c3ccccc3)nc(-c3ccc(-c4ccccc4)cc3)n2)cc1. The van der Waals surface area contributed by atoms with Gasteiger partial charge in [0.1, 0.15) is 0 Å². The first-order valence-electron chi connectivity index (χ1n) is 12.2. The van der Waals surface area contributed by atoms with Crippen molar-refractivity contribution in [3.8, 4) is 56.2 Å². The summed E-state index contributed by atoms with van der Waals surface area (Å²) < 4.78 is 0. The Morgan fingerprint density at radius 3 is 1.54 bits per heavy atom. The lowest BCUT2D eigenvalue weighted by Gasteiger charge is -2.13. The molecule has 0 aliphatic rings. The van der Waals surface area contributed by atoms with Gasteiger partial charge in [-0.2, -0.15) is 0 Å².